The Bertz CT molecular complexity index is 569. The zero-order chi connectivity index (χ0) is 13.6. The Labute approximate surface area is 114 Å². The Morgan fingerprint density at radius 2 is 1.89 bits per heavy atom. The van der Waals surface area contributed by atoms with E-state index in [0.717, 1.165) is 31.2 Å². The molecule has 1 aromatic rings. The summed E-state index contributed by atoms with van der Waals surface area (Å²) in [5.41, 5.74) is 7.18. The third kappa shape index (κ3) is 2.77. The van der Waals surface area contributed by atoms with E-state index in [1.165, 1.54) is 0 Å². The van der Waals surface area contributed by atoms with Crippen molar-refractivity contribution >= 4 is 15.7 Å². The van der Waals surface area contributed by atoms with Crippen LogP contribution in [-0.2, 0) is 10.0 Å². The second kappa shape index (κ2) is 4.49. The number of aryl methyl sites for hydroxylation is 1. The molecule has 2 aliphatic carbocycles. The van der Waals surface area contributed by atoms with Gasteiger partial charge < -0.3 is 5.73 Å². The van der Waals surface area contributed by atoms with Crippen LogP contribution in [0, 0.1) is 12.8 Å². The Kier molecular flexibility index (Phi) is 3.06. The molecule has 0 amide bonds. The van der Waals surface area contributed by atoms with Crippen molar-refractivity contribution in [2.24, 2.45) is 5.92 Å². The van der Waals surface area contributed by atoms with E-state index < -0.39 is 10.0 Å². The second-order valence-corrected chi connectivity index (χ2v) is 7.72. The van der Waals surface area contributed by atoms with Gasteiger partial charge in [-0.2, -0.15) is 4.31 Å². The summed E-state index contributed by atoms with van der Waals surface area (Å²) in [7, 11) is -3.38. The Morgan fingerprint density at radius 1 is 1.21 bits per heavy atom. The van der Waals surface area contributed by atoms with Crippen LogP contribution in [-0.4, -0.2) is 25.3 Å². The maximum absolute atomic E-state index is 12.8. The molecular weight excluding hydrogens is 260 g/mol. The van der Waals surface area contributed by atoms with Gasteiger partial charge in [-0.05, 0) is 62.3 Å². The first-order valence-electron chi connectivity index (χ1n) is 6.86. The van der Waals surface area contributed by atoms with Crippen molar-refractivity contribution in [3.05, 3.63) is 23.8 Å². The molecule has 1 aromatic carbocycles. The standard InChI is InChI=1S/C14H20N2O2S/c1-10-6-12(15)8-14(7-10)19(17,18)16(13-4-5-13)9-11-2-3-11/h6-8,11,13H,2-5,9,15H2,1H3. The molecule has 0 heterocycles. The molecule has 19 heavy (non-hydrogen) atoms. The zero-order valence-electron chi connectivity index (χ0n) is 11.2. The van der Waals surface area contributed by atoms with Crippen LogP contribution >= 0.6 is 0 Å². The van der Waals surface area contributed by atoms with Crippen LogP contribution in [0.25, 0.3) is 0 Å². The van der Waals surface area contributed by atoms with Crippen molar-refractivity contribution in [3.63, 3.8) is 0 Å². The number of rotatable bonds is 5. The highest BCUT2D eigenvalue weighted by atomic mass is 32.2. The van der Waals surface area contributed by atoms with E-state index in [-0.39, 0.29) is 6.04 Å². The first kappa shape index (κ1) is 12.9. The number of hydrogen-bond donors (Lipinski definition) is 1. The van der Waals surface area contributed by atoms with E-state index in [1.807, 2.05) is 6.92 Å². The maximum atomic E-state index is 12.8. The van der Waals surface area contributed by atoms with E-state index in [1.54, 1.807) is 22.5 Å². The predicted molar refractivity (Wildman–Crippen MR) is 75.2 cm³/mol. The summed E-state index contributed by atoms with van der Waals surface area (Å²) in [4.78, 5) is 0.345. The fourth-order valence-electron chi connectivity index (χ4n) is 2.42. The highest BCUT2D eigenvalue weighted by Gasteiger charge is 2.41. The number of hydrogen-bond acceptors (Lipinski definition) is 3. The minimum atomic E-state index is -3.38. The van der Waals surface area contributed by atoms with Gasteiger partial charge in [-0.3, -0.25) is 0 Å². The van der Waals surface area contributed by atoms with Crippen LogP contribution in [0.4, 0.5) is 5.69 Å². The number of benzene rings is 1. The molecule has 0 saturated heterocycles. The highest BCUT2D eigenvalue weighted by Crippen LogP contribution is 2.38. The molecule has 2 aliphatic rings. The zero-order valence-corrected chi connectivity index (χ0v) is 12.0. The number of anilines is 1. The number of nitrogens with zero attached hydrogens (tertiary/aromatic N) is 1. The van der Waals surface area contributed by atoms with Crippen molar-refractivity contribution in [1.82, 2.24) is 4.31 Å². The molecule has 104 valence electrons. The summed E-state index contributed by atoms with van der Waals surface area (Å²) in [6.45, 7) is 2.55. The monoisotopic (exact) mass is 280 g/mol. The summed E-state index contributed by atoms with van der Waals surface area (Å²) < 4.78 is 27.2. The van der Waals surface area contributed by atoms with Gasteiger partial charge in [0.2, 0.25) is 10.0 Å². The van der Waals surface area contributed by atoms with Crippen molar-refractivity contribution in [1.29, 1.82) is 0 Å². The number of nitrogen functional groups attached to an aromatic ring is 1. The summed E-state index contributed by atoms with van der Waals surface area (Å²) in [5.74, 6) is 0.567. The number of sulfonamides is 1. The van der Waals surface area contributed by atoms with Gasteiger partial charge in [-0.25, -0.2) is 8.42 Å². The van der Waals surface area contributed by atoms with Gasteiger partial charge in [0, 0.05) is 18.3 Å². The van der Waals surface area contributed by atoms with Gasteiger partial charge in [-0.1, -0.05) is 0 Å². The topological polar surface area (TPSA) is 63.4 Å². The van der Waals surface area contributed by atoms with E-state index >= 15 is 0 Å². The van der Waals surface area contributed by atoms with Crippen LogP contribution in [0.3, 0.4) is 0 Å². The van der Waals surface area contributed by atoms with Crippen LogP contribution in [0.5, 0.6) is 0 Å². The van der Waals surface area contributed by atoms with Gasteiger partial charge in [0.25, 0.3) is 0 Å². The number of nitrogens with two attached hydrogens (primary N) is 1. The molecule has 0 spiro atoms. The Balaban J connectivity index is 1.94. The normalized spacial score (nSPS) is 19.9. The van der Waals surface area contributed by atoms with Gasteiger partial charge in [0.05, 0.1) is 4.90 Å². The molecule has 2 fully saturated rings. The van der Waals surface area contributed by atoms with Gasteiger partial charge in [-0.15, -0.1) is 0 Å². The molecule has 5 heteroatoms. The first-order chi connectivity index (χ1) is 8.96. The lowest BCUT2D eigenvalue weighted by molar-refractivity contribution is 0.389. The summed E-state index contributed by atoms with van der Waals surface area (Å²) in [6.07, 6.45) is 4.31. The first-order valence-corrected chi connectivity index (χ1v) is 8.30. The van der Waals surface area contributed by atoms with E-state index in [4.69, 9.17) is 5.73 Å². The fraction of sp³-hybridized carbons (Fsp3) is 0.571. The summed E-state index contributed by atoms with van der Waals surface area (Å²) >= 11 is 0. The van der Waals surface area contributed by atoms with Gasteiger partial charge in [0.15, 0.2) is 0 Å². The minimum absolute atomic E-state index is 0.215. The lowest BCUT2D eigenvalue weighted by atomic mass is 10.2. The van der Waals surface area contributed by atoms with Gasteiger partial charge >= 0.3 is 0 Å². The van der Waals surface area contributed by atoms with E-state index in [0.29, 0.717) is 23.0 Å². The average Bonchev–Trinajstić information content (AvgIpc) is 3.18. The summed E-state index contributed by atoms with van der Waals surface area (Å²) in [5, 5.41) is 0. The van der Waals surface area contributed by atoms with E-state index in [2.05, 4.69) is 0 Å². The maximum Gasteiger partial charge on any atom is 0.243 e. The SMILES string of the molecule is Cc1cc(N)cc(S(=O)(=O)N(CC2CC2)C2CC2)c1. The lowest BCUT2D eigenvalue weighted by Gasteiger charge is -2.22. The lowest BCUT2D eigenvalue weighted by Crippen LogP contribution is -2.35. The molecule has 0 unspecified atom stereocenters. The molecule has 2 saturated carbocycles. The van der Waals surface area contributed by atoms with Crippen LogP contribution in [0.1, 0.15) is 31.2 Å². The van der Waals surface area contributed by atoms with Crippen molar-refractivity contribution < 1.29 is 8.42 Å². The average molecular weight is 280 g/mol. The molecule has 0 radical (unpaired) electrons. The Hall–Kier alpha value is -1.07. The van der Waals surface area contributed by atoms with Crippen LogP contribution in [0.15, 0.2) is 23.1 Å². The highest BCUT2D eigenvalue weighted by molar-refractivity contribution is 7.89. The molecule has 0 atom stereocenters. The van der Waals surface area contributed by atoms with Crippen LogP contribution < -0.4 is 5.73 Å². The molecule has 0 bridgehead atoms. The van der Waals surface area contributed by atoms with Gasteiger partial charge in [0.1, 0.15) is 0 Å². The Morgan fingerprint density at radius 3 is 2.42 bits per heavy atom. The fourth-order valence-corrected chi connectivity index (χ4v) is 4.32. The molecule has 4 nitrogen and oxygen atoms in total. The summed E-state index contributed by atoms with van der Waals surface area (Å²) in [6, 6.07) is 5.30. The third-order valence-corrected chi connectivity index (χ3v) is 5.67. The molecule has 2 N–H and O–H groups in total. The smallest absolute Gasteiger partial charge is 0.243 e. The third-order valence-electron chi connectivity index (χ3n) is 3.77. The second-order valence-electron chi connectivity index (χ2n) is 5.83. The predicted octanol–water partition coefficient (Wildman–Crippen LogP) is 2.14. The molecule has 0 aromatic heterocycles. The molecule has 0 aliphatic heterocycles. The van der Waals surface area contributed by atoms with Crippen molar-refractivity contribution in [3.8, 4) is 0 Å². The molecule has 3 rings (SSSR count). The molecular formula is C14H20N2O2S. The van der Waals surface area contributed by atoms with Crippen molar-refractivity contribution in [2.45, 2.75) is 43.5 Å². The quantitative estimate of drug-likeness (QED) is 0.840. The van der Waals surface area contributed by atoms with E-state index in [9.17, 15) is 8.42 Å². The largest absolute Gasteiger partial charge is 0.399 e. The van der Waals surface area contributed by atoms with Crippen LogP contribution in [0.2, 0.25) is 0 Å². The minimum Gasteiger partial charge on any atom is -0.399 e. The van der Waals surface area contributed by atoms with Crippen molar-refractivity contribution in [2.75, 3.05) is 12.3 Å².